The van der Waals surface area contributed by atoms with Crippen molar-refractivity contribution in [2.75, 3.05) is 6.61 Å². The first-order chi connectivity index (χ1) is 17.4. The lowest BCUT2D eigenvalue weighted by atomic mass is 9.97. The van der Waals surface area contributed by atoms with Crippen LogP contribution in [0.5, 0.6) is 5.75 Å². The van der Waals surface area contributed by atoms with Crippen LogP contribution in [0.1, 0.15) is 27.0 Å². The van der Waals surface area contributed by atoms with Gasteiger partial charge in [-0.05, 0) is 45.1 Å². The fraction of sp³-hybridized carbons (Fsp3) is 0.435. The number of terminal acetylenes is 1. The summed E-state index contributed by atoms with van der Waals surface area (Å²) < 4.78 is 36.9. The zero-order chi connectivity index (χ0) is 27.4. The van der Waals surface area contributed by atoms with E-state index in [0.29, 0.717) is 0 Å². The van der Waals surface area contributed by atoms with Gasteiger partial charge < -0.3 is 24.2 Å². The number of aromatic amines is 1. The Morgan fingerprint density at radius 2 is 2.00 bits per heavy atom. The van der Waals surface area contributed by atoms with E-state index in [1.54, 1.807) is 32.0 Å². The first kappa shape index (κ1) is 28.7. The molecule has 0 radical (unpaired) electrons. The van der Waals surface area contributed by atoms with Gasteiger partial charge in [-0.25, -0.2) is 4.57 Å². The van der Waals surface area contributed by atoms with Gasteiger partial charge in [-0.3, -0.25) is 23.7 Å². The van der Waals surface area contributed by atoms with Gasteiger partial charge in [0.15, 0.2) is 16.6 Å². The fourth-order valence-electron chi connectivity index (χ4n) is 3.43. The number of hydrogen-bond acceptors (Lipinski definition) is 10. The molecule has 14 heteroatoms. The minimum Gasteiger partial charge on any atom is -0.462 e. The fourth-order valence-corrected chi connectivity index (χ4v) is 5.22. The van der Waals surface area contributed by atoms with E-state index in [4.69, 9.17) is 37.2 Å². The average molecular weight is 554 g/mol. The van der Waals surface area contributed by atoms with Gasteiger partial charge in [-0.1, -0.05) is 24.1 Å². The summed E-state index contributed by atoms with van der Waals surface area (Å²) >= 11 is 5.11. The van der Waals surface area contributed by atoms with Crippen molar-refractivity contribution in [3.05, 3.63) is 57.7 Å². The summed E-state index contributed by atoms with van der Waals surface area (Å²) in [5, 5.41) is 24.0. The van der Waals surface area contributed by atoms with Crippen LogP contribution in [0.4, 0.5) is 0 Å². The van der Waals surface area contributed by atoms with Crippen LogP contribution in [0.2, 0.25) is 0 Å². The standard InChI is InChI=1S/C23H28N3O9PS/c1-5-23(19(29)18(28)20(34-23)26-12-11-17(27)24-22(26)37)13-32-36(31,35-16-9-7-6-8-10-16)25-15(4)21(30)33-14(2)3/h1,6-12,14-15,18-20,28-29H,13H2,2-4H3,(H,25,31)(H,24,27,37)/t15-,18-,19+,20+,23+,36?/m0/s1. The minimum atomic E-state index is -4.35. The highest BCUT2D eigenvalue weighted by atomic mass is 32.1. The molecule has 1 aromatic heterocycles. The molecule has 6 atom stereocenters. The summed E-state index contributed by atoms with van der Waals surface area (Å²) in [6, 6.07) is 8.05. The van der Waals surface area contributed by atoms with Crippen LogP contribution in [-0.2, 0) is 23.4 Å². The number of aromatic nitrogens is 2. The van der Waals surface area contributed by atoms with Crippen LogP contribution in [0.3, 0.4) is 0 Å². The highest BCUT2D eigenvalue weighted by molar-refractivity contribution is 7.71. The first-order valence-corrected chi connectivity index (χ1v) is 13.2. The largest absolute Gasteiger partial charge is 0.462 e. The van der Waals surface area contributed by atoms with Crippen LogP contribution in [0.15, 0.2) is 47.4 Å². The molecule has 37 heavy (non-hydrogen) atoms. The second kappa shape index (κ2) is 11.7. The van der Waals surface area contributed by atoms with Crippen molar-refractivity contribution in [3.63, 3.8) is 0 Å². The van der Waals surface area contributed by atoms with Gasteiger partial charge in [-0.15, -0.1) is 6.42 Å². The Balaban J connectivity index is 1.87. The van der Waals surface area contributed by atoms with E-state index in [0.717, 1.165) is 6.07 Å². The third kappa shape index (κ3) is 6.74. The normalized spacial score (nSPS) is 25.7. The number of rotatable bonds is 10. The Morgan fingerprint density at radius 1 is 1.32 bits per heavy atom. The zero-order valence-electron chi connectivity index (χ0n) is 20.3. The summed E-state index contributed by atoms with van der Waals surface area (Å²) in [6.07, 6.45) is 1.89. The van der Waals surface area contributed by atoms with E-state index >= 15 is 0 Å². The molecular formula is C23H28N3O9PS. The van der Waals surface area contributed by atoms with Crippen molar-refractivity contribution in [2.45, 2.75) is 57.0 Å². The molecule has 1 aliphatic heterocycles. The Labute approximate surface area is 218 Å². The van der Waals surface area contributed by atoms with Crippen LogP contribution in [0.25, 0.3) is 0 Å². The molecule has 2 heterocycles. The number of H-pyrrole nitrogens is 1. The molecule has 1 fully saturated rings. The van der Waals surface area contributed by atoms with Gasteiger partial charge in [0.05, 0.1) is 6.10 Å². The molecular weight excluding hydrogens is 525 g/mol. The number of aliphatic hydroxyl groups is 2. The van der Waals surface area contributed by atoms with E-state index < -0.39 is 62.1 Å². The molecule has 0 spiro atoms. The monoisotopic (exact) mass is 553 g/mol. The lowest BCUT2D eigenvalue weighted by Crippen LogP contribution is -2.46. The maximum atomic E-state index is 13.7. The summed E-state index contributed by atoms with van der Waals surface area (Å²) in [5.41, 5.74) is -2.48. The summed E-state index contributed by atoms with van der Waals surface area (Å²) in [6.45, 7) is 4.00. The molecule has 1 aliphatic rings. The van der Waals surface area contributed by atoms with Crippen molar-refractivity contribution in [1.29, 1.82) is 0 Å². The molecule has 2 aromatic rings. The van der Waals surface area contributed by atoms with Gasteiger partial charge in [0.25, 0.3) is 5.56 Å². The molecule has 12 nitrogen and oxygen atoms in total. The average Bonchev–Trinajstić information content (AvgIpc) is 3.08. The van der Waals surface area contributed by atoms with Gasteiger partial charge >= 0.3 is 13.7 Å². The number of nitrogens with one attached hydrogen (secondary N) is 2. The lowest BCUT2D eigenvalue weighted by molar-refractivity contribution is -0.149. The number of aliphatic hydroxyl groups excluding tert-OH is 2. The Morgan fingerprint density at radius 3 is 2.59 bits per heavy atom. The predicted molar refractivity (Wildman–Crippen MR) is 134 cm³/mol. The van der Waals surface area contributed by atoms with Crippen LogP contribution >= 0.6 is 20.0 Å². The van der Waals surface area contributed by atoms with Crippen LogP contribution < -0.4 is 15.2 Å². The molecule has 0 aliphatic carbocycles. The smallest absolute Gasteiger partial charge is 0.459 e. The van der Waals surface area contributed by atoms with Gasteiger partial charge in [0.2, 0.25) is 0 Å². The Kier molecular flexibility index (Phi) is 9.09. The number of esters is 1. The minimum absolute atomic E-state index is 0.0882. The predicted octanol–water partition coefficient (Wildman–Crippen LogP) is 1.66. The van der Waals surface area contributed by atoms with E-state index in [-0.39, 0.29) is 10.5 Å². The third-order valence-electron chi connectivity index (χ3n) is 5.27. The summed E-state index contributed by atoms with van der Waals surface area (Å²) in [4.78, 5) is 26.2. The second-order valence-corrected chi connectivity index (χ2v) is 10.6. The molecule has 4 N–H and O–H groups in total. The maximum absolute atomic E-state index is 13.7. The third-order valence-corrected chi connectivity index (χ3v) is 7.21. The first-order valence-electron chi connectivity index (χ1n) is 11.2. The number of para-hydroxylation sites is 1. The van der Waals surface area contributed by atoms with Crippen molar-refractivity contribution in [2.24, 2.45) is 0 Å². The van der Waals surface area contributed by atoms with E-state index in [1.807, 2.05) is 0 Å². The van der Waals surface area contributed by atoms with Crippen molar-refractivity contribution >= 4 is 25.9 Å². The lowest BCUT2D eigenvalue weighted by Gasteiger charge is -2.29. The molecule has 0 bridgehead atoms. The van der Waals surface area contributed by atoms with E-state index in [9.17, 15) is 24.4 Å². The number of carbonyl (C=O) groups is 1. The van der Waals surface area contributed by atoms with Gasteiger partial charge in [-0.2, -0.15) is 5.09 Å². The number of hydrogen-bond donors (Lipinski definition) is 4. The number of benzene rings is 1. The molecule has 1 unspecified atom stereocenters. The topological polar surface area (TPSA) is 161 Å². The highest BCUT2D eigenvalue weighted by Crippen LogP contribution is 2.47. The number of nitrogens with zero attached hydrogens (tertiary/aromatic N) is 1. The Hall–Kier alpha value is -2.82. The van der Waals surface area contributed by atoms with E-state index in [2.05, 4.69) is 16.0 Å². The molecule has 0 saturated carbocycles. The molecule has 0 amide bonds. The summed E-state index contributed by atoms with van der Waals surface area (Å²) in [7, 11) is -4.35. The van der Waals surface area contributed by atoms with Crippen molar-refractivity contribution < 1.29 is 38.1 Å². The second-order valence-electron chi connectivity index (χ2n) is 8.51. The van der Waals surface area contributed by atoms with Crippen LogP contribution in [0, 0.1) is 17.1 Å². The van der Waals surface area contributed by atoms with Crippen molar-refractivity contribution in [3.8, 4) is 18.1 Å². The molecule has 200 valence electrons. The van der Waals surface area contributed by atoms with Crippen LogP contribution in [-0.4, -0.2) is 62.3 Å². The maximum Gasteiger partial charge on any atom is 0.459 e. The van der Waals surface area contributed by atoms with E-state index in [1.165, 1.54) is 29.8 Å². The van der Waals surface area contributed by atoms with Gasteiger partial charge in [0, 0.05) is 12.3 Å². The summed E-state index contributed by atoms with van der Waals surface area (Å²) in [5.74, 6) is 1.70. The Bertz CT molecular complexity index is 1310. The quantitative estimate of drug-likeness (QED) is 0.147. The molecule has 1 saturated heterocycles. The molecule has 1 aromatic carbocycles. The number of ether oxygens (including phenoxy) is 2. The SMILES string of the molecule is C#C[C@]1(COP(=O)(N[C@@H](C)C(=O)OC(C)C)Oc2ccccc2)O[C@@H](n2ccc(=O)[nH]c2=S)[C@@H](O)[C@H]1O. The van der Waals surface area contributed by atoms with Gasteiger partial charge in [0.1, 0.15) is 30.6 Å². The highest BCUT2D eigenvalue weighted by Gasteiger charge is 2.55. The number of carbonyl (C=O) groups excluding carboxylic acids is 1. The van der Waals surface area contributed by atoms with Crippen molar-refractivity contribution in [1.82, 2.24) is 14.6 Å². The zero-order valence-corrected chi connectivity index (χ0v) is 22.0. The molecule has 3 rings (SSSR count).